The molecule has 5 aromatic rings. The van der Waals surface area contributed by atoms with Crippen molar-refractivity contribution in [3.05, 3.63) is 65.8 Å². The molecule has 0 amide bonds. The third-order valence-electron chi connectivity index (χ3n) is 7.14. The van der Waals surface area contributed by atoms with E-state index in [2.05, 4.69) is 20.2 Å². The van der Waals surface area contributed by atoms with E-state index in [9.17, 15) is 31.5 Å². The van der Waals surface area contributed by atoms with Crippen LogP contribution in [-0.4, -0.2) is 47.8 Å². The molecule has 0 atom stereocenters. The van der Waals surface area contributed by atoms with Gasteiger partial charge in [0.2, 0.25) is 6.39 Å². The fraction of sp³-hybridized carbons (Fsp3) is 0.333. The molecule has 0 aliphatic rings. The Bertz CT molecular complexity index is 1840. The highest BCUT2D eigenvalue weighted by molar-refractivity contribution is 5.95. The molecular weight excluding hydrogens is 605 g/mol. The maximum atomic E-state index is 14.8. The summed E-state index contributed by atoms with van der Waals surface area (Å²) in [6.45, 7) is 1.33. The molecule has 0 radical (unpaired) electrons. The minimum absolute atomic E-state index is 0.0121. The Kier molecular flexibility index (Phi) is 8.80. The molecule has 0 unspecified atom stereocenters. The summed E-state index contributed by atoms with van der Waals surface area (Å²) in [5, 5.41) is 16.4. The lowest BCUT2D eigenvalue weighted by Crippen LogP contribution is -2.34. The first-order valence-electron chi connectivity index (χ1n) is 13.9. The molecule has 10 nitrogen and oxygen atoms in total. The van der Waals surface area contributed by atoms with Crippen LogP contribution in [0.2, 0.25) is 0 Å². The summed E-state index contributed by atoms with van der Waals surface area (Å²) < 4.78 is 82.4. The highest BCUT2D eigenvalue weighted by Crippen LogP contribution is 2.45. The van der Waals surface area contributed by atoms with Gasteiger partial charge in [-0.15, -0.1) is 10.2 Å². The van der Waals surface area contributed by atoms with Crippen LogP contribution >= 0.6 is 0 Å². The van der Waals surface area contributed by atoms with Crippen LogP contribution in [0.5, 0.6) is 0 Å². The van der Waals surface area contributed by atoms with E-state index in [1.165, 1.54) is 16.5 Å². The number of ether oxygens (including phenoxy) is 1. The number of unbranched alkanes of at least 4 members (excludes halogenated alkanes) is 3. The molecule has 0 bridgehead atoms. The van der Waals surface area contributed by atoms with Crippen molar-refractivity contribution in [1.82, 2.24) is 24.6 Å². The molecule has 0 aliphatic carbocycles. The molecule has 5 rings (SSSR count). The predicted molar refractivity (Wildman–Crippen MR) is 149 cm³/mol. The summed E-state index contributed by atoms with van der Waals surface area (Å²) in [5.41, 5.74) is -0.340. The van der Waals surface area contributed by atoms with E-state index in [1.807, 2.05) is 0 Å². The second-order valence-electron chi connectivity index (χ2n) is 10.4. The summed E-state index contributed by atoms with van der Waals surface area (Å²) in [5.74, 6) is -6.92. The lowest BCUT2D eigenvalue weighted by atomic mass is 9.99. The first kappa shape index (κ1) is 31.5. The minimum Gasteiger partial charge on any atom is -0.481 e. The number of aryl methyl sites for hydroxylation is 1. The predicted octanol–water partition coefficient (Wildman–Crippen LogP) is 7.03. The molecule has 236 valence electrons. The smallest absolute Gasteiger partial charge is 0.459 e. The summed E-state index contributed by atoms with van der Waals surface area (Å²) in [6.07, 6.45) is -2.76. The summed E-state index contributed by atoms with van der Waals surface area (Å²) in [4.78, 5) is 31.5. The Hall–Kier alpha value is -4.95. The molecule has 0 saturated carbocycles. The van der Waals surface area contributed by atoms with Gasteiger partial charge >= 0.3 is 24.0 Å². The number of pyridine rings is 2. The quantitative estimate of drug-likeness (QED) is 0.0875. The molecule has 0 saturated heterocycles. The van der Waals surface area contributed by atoms with Gasteiger partial charge < -0.3 is 14.3 Å². The number of nitrogens with zero attached hydrogens (tertiary/aromatic N) is 5. The van der Waals surface area contributed by atoms with Gasteiger partial charge in [0.05, 0.1) is 5.69 Å². The van der Waals surface area contributed by atoms with Crippen LogP contribution in [-0.2, 0) is 26.9 Å². The Morgan fingerprint density at radius 3 is 2.31 bits per heavy atom. The van der Waals surface area contributed by atoms with Gasteiger partial charge in [0, 0.05) is 18.2 Å². The first-order chi connectivity index (χ1) is 21.4. The maximum Gasteiger partial charge on any atom is 0.459 e. The zero-order valence-corrected chi connectivity index (χ0v) is 23.8. The number of hydrogen-bond donors (Lipinski definition) is 1. The number of carbonyl (C=O) groups is 2. The van der Waals surface area contributed by atoms with E-state index in [4.69, 9.17) is 14.3 Å². The van der Waals surface area contributed by atoms with Crippen molar-refractivity contribution >= 4 is 28.6 Å². The second kappa shape index (κ2) is 12.6. The van der Waals surface area contributed by atoms with Crippen LogP contribution in [0.25, 0.3) is 39.4 Å². The van der Waals surface area contributed by atoms with E-state index in [0.717, 1.165) is 18.0 Å². The molecule has 0 spiro atoms. The van der Waals surface area contributed by atoms with Crippen molar-refractivity contribution in [2.24, 2.45) is 0 Å². The number of imidazole rings is 1. The number of rotatable bonds is 12. The largest absolute Gasteiger partial charge is 0.481 e. The number of fused-ring (bicyclic) bond motifs is 3. The molecule has 1 aromatic carbocycles. The number of halogens is 5. The van der Waals surface area contributed by atoms with E-state index < -0.39 is 36.3 Å². The van der Waals surface area contributed by atoms with Crippen molar-refractivity contribution in [2.45, 2.75) is 64.2 Å². The number of carbonyl (C=O) groups excluding carboxylic acids is 1. The number of alkyl halides is 5. The standard InChI is InChI=1S/C30H26F5N5O5/c1-17-8-10-18(11-9-17)20-14-22(29(31,32)30(33,34)35)37-27-19(20)12-13-23-38-26(28-39-36-16-45-28)21(40(23)27)15-44-25(43)7-5-3-2-4-6-24(41)42/h8-14,16H,2-7,15H2,1H3,(H,41,42). The fourth-order valence-electron chi connectivity index (χ4n) is 4.83. The lowest BCUT2D eigenvalue weighted by Gasteiger charge is -2.21. The molecule has 0 aliphatic heterocycles. The van der Waals surface area contributed by atoms with Gasteiger partial charge in [-0.2, -0.15) is 22.0 Å². The Morgan fingerprint density at radius 1 is 0.956 bits per heavy atom. The van der Waals surface area contributed by atoms with Gasteiger partial charge in [0.15, 0.2) is 5.69 Å². The third kappa shape index (κ3) is 6.61. The summed E-state index contributed by atoms with van der Waals surface area (Å²) >= 11 is 0. The second-order valence-corrected chi connectivity index (χ2v) is 10.4. The van der Waals surface area contributed by atoms with E-state index >= 15 is 0 Å². The lowest BCUT2D eigenvalue weighted by molar-refractivity contribution is -0.290. The van der Waals surface area contributed by atoms with Crippen molar-refractivity contribution in [3.8, 4) is 22.7 Å². The van der Waals surface area contributed by atoms with Crippen LogP contribution in [0, 0.1) is 6.92 Å². The highest BCUT2D eigenvalue weighted by atomic mass is 19.4. The fourth-order valence-corrected chi connectivity index (χ4v) is 4.83. The Morgan fingerprint density at radius 2 is 1.67 bits per heavy atom. The number of carboxylic acids is 1. The summed E-state index contributed by atoms with van der Waals surface area (Å²) in [7, 11) is 0. The van der Waals surface area contributed by atoms with Crippen LogP contribution in [0.1, 0.15) is 55.5 Å². The van der Waals surface area contributed by atoms with Crippen LogP contribution in [0.15, 0.2) is 53.3 Å². The van der Waals surface area contributed by atoms with E-state index in [1.54, 1.807) is 31.2 Å². The normalized spacial score (nSPS) is 12.2. The van der Waals surface area contributed by atoms with Gasteiger partial charge in [-0.25, -0.2) is 9.97 Å². The number of aliphatic carboxylic acids is 1. The summed E-state index contributed by atoms with van der Waals surface area (Å²) in [6, 6.07) is 10.3. The SMILES string of the molecule is Cc1ccc(-c2cc(C(F)(F)C(F)(F)F)nc3c2ccc2nc(-c4nnco4)c(COC(=O)CCCCCCC(=O)O)n23)cc1. The van der Waals surface area contributed by atoms with Crippen molar-refractivity contribution < 1.29 is 45.8 Å². The number of carboxylic acid groups (broad SMARTS) is 1. The van der Waals surface area contributed by atoms with Crippen molar-refractivity contribution in [1.29, 1.82) is 0 Å². The molecule has 0 fully saturated rings. The number of aromatic nitrogens is 5. The van der Waals surface area contributed by atoms with E-state index in [0.29, 0.717) is 31.2 Å². The monoisotopic (exact) mass is 631 g/mol. The highest BCUT2D eigenvalue weighted by Gasteiger charge is 2.60. The average Bonchev–Trinajstić information content (AvgIpc) is 3.65. The van der Waals surface area contributed by atoms with Crippen LogP contribution < -0.4 is 0 Å². The number of esters is 1. The molecule has 1 N–H and O–H groups in total. The minimum atomic E-state index is -5.93. The van der Waals surface area contributed by atoms with Gasteiger partial charge in [-0.1, -0.05) is 42.7 Å². The van der Waals surface area contributed by atoms with Gasteiger partial charge in [0.1, 0.15) is 23.6 Å². The van der Waals surface area contributed by atoms with Gasteiger partial charge in [0.25, 0.3) is 5.89 Å². The van der Waals surface area contributed by atoms with E-state index in [-0.39, 0.29) is 52.4 Å². The molecular formula is C30H26F5N5O5. The molecule has 15 heteroatoms. The average molecular weight is 632 g/mol. The molecule has 4 heterocycles. The molecule has 45 heavy (non-hydrogen) atoms. The number of benzene rings is 1. The van der Waals surface area contributed by atoms with Crippen molar-refractivity contribution in [3.63, 3.8) is 0 Å². The van der Waals surface area contributed by atoms with Crippen molar-refractivity contribution in [2.75, 3.05) is 0 Å². The molecule has 4 aromatic heterocycles. The Labute approximate surface area is 251 Å². The number of hydrogen-bond acceptors (Lipinski definition) is 8. The van der Waals surface area contributed by atoms with Crippen LogP contribution in [0.3, 0.4) is 0 Å². The maximum absolute atomic E-state index is 14.8. The zero-order valence-electron chi connectivity index (χ0n) is 23.8. The van der Waals surface area contributed by atoms with Gasteiger partial charge in [-0.3, -0.25) is 14.0 Å². The first-order valence-corrected chi connectivity index (χ1v) is 13.9. The zero-order chi connectivity index (χ0) is 32.4. The topological polar surface area (TPSA) is 133 Å². The van der Waals surface area contributed by atoms with Crippen LogP contribution in [0.4, 0.5) is 22.0 Å². The van der Waals surface area contributed by atoms with Gasteiger partial charge in [-0.05, 0) is 49.1 Å². The third-order valence-corrected chi connectivity index (χ3v) is 7.14. The Balaban J connectivity index is 1.60.